The van der Waals surface area contributed by atoms with Gasteiger partial charge in [-0.3, -0.25) is 24.1 Å². The van der Waals surface area contributed by atoms with E-state index in [1.807, 2.05) is 44.2 Å². The van der Waals surface area contributed by atoms with E-state index in [1.54, 1.807) is 36.1 Å². The highest BCUT2D eigenvalue weighted by Gasteiger charge is 2.35. The third kappa shape index (κ3) is 5.86. The van der Waals surface area contributed by atoms with Gasteiger partial charge < -0.3 is 10.2 Å². The summed E-state index contributed by atoms with van der Waals surface area (Å²) in [7, 11) is 0. The van der Waals surface area contributed by atoms with Gasteiger partial charge in [-0.25, -0.2) is 0 Å². The summed E-state index contributed by atoms with van der Waals surface area (Å²) < 4.78 is 0. The molecule has 3 rings (SSSR count). The van der Waals surface area contributed by atoms with Crippen molar-refractivity contribution in [1.82, 2.24) is 15.1 Å². The smallest absolute Gasteiger partial charge is 0.261 e. The highest BCUT2D eigenvalue weighted by Crippen LogP contribution is 2.22. The lowest BCUT2D eigenvalue weighted by atomic mass is 10.1. The first-order valence-electron chi connectivity index (χ1n) is 11.4. The molecule has 0 aromatic heterocycles. The molecule has 1 aliphatic rings. The Labute approximate surface area is 194 Å². The molecule has 0 aliphatic carbocycles. The molecule has 2 aromatic rings. The number of hydrogen-bond donors (Lipinski definition) is 1. The van der Waals surface area contributed by atoms with Crippen molar-refractivity contribution in [2.45, 2.75) is 52.1 Å². The predicted molar refractivity (Wildman–Crippen MR) is 126 cm³/mol. The summed E-state index contributed by atoms with van der Waals surface area (Å²) in [6.45, 7) is 6.05. The van der Waals surface area contributed by atoms with E-state index < -0.39 is 6.04 Å². The van der Waals surface area contributed by atoms with Crippen molar-refractivity contribution in [3.63, 3.8) is 0 Å². The SMILES string of the molecule is CC(C)NC(=O)[C@H](C)N(CCc1ccccc1)C(=O)CCCN1C(=O)c2ccccc2C1=O. The standard InChI is InChI=1S/C26H31N3O4/c1-18(2)27-24(31)19(3)28(17-15-20-10-5-4-6-11-20)23(30)14-9-16-29-25(32)21-12-7-8-13-22(21)26(29)33/h4-8,10-13,18-19H,9,14-17H2,1-3H3,(H,27,31)/t19-/m0/s1. The first-order chi connectivity index (χ1) is 15.8. The first kappa shape index (κ1) is 24.2. The molecule has 0 unspecified atom stereocenters. The van der Waals surface area contributed by atoms with Crippen LogP contribution in [0.25, 0.3) is 0 Å². The molecule has 2 aromatic carbocycles. The first-order valence-corrected chi connectivity index (χ1v) is 11.4. The molecule has 33 heavy (non-hydrogen) atoms. The summed E-state index contributed by atoms with van der Waals surface area (Å²) in [5, 5.41) is 2.87. The molecule has 0 saturated heterocycles. The Kier molecular flexibility index (Phi) is 7.98. The quantitative estimate of drug-likeness (QED) is 0.565. The van der Waals surface area contributed by atoms with E-state index in [0.29, 0.717) is 30.5 Å². The lowest BCUT2D eigenvalue weighted by Crippen LogP contribution is -2.50. The van der Waals surface area contributed by atoms with Crippen LogP contribution in [0, 0.1) is 0 Å². The molecule has 0 radical (unpaired) electrons. The van der Waals surface area contributed by atoms with Crippen LogP contribution in [0.15, 0.2) is 54.6 Å². The average Bonchev–Trinajstić information content (AvgIpc) is 3.04. The number of hydrogen-bond acceptors (Lipinski definition) is 4. The van der Waals surface area contributed by atoms with E-state index in [4.69, 9.17) is 0 Å². The predicted octanol–water partition coefficient (Wildman–Crippen LogP) is 3.05. The molecule has 174 valence electrons. The molecule has 1 atom stereocenters. The lowest BCUT2D eigenvalue weighted by molar-refractivity contribution is -0.140. The van der Waals surface area contributed by atoms with Gasteiger partial charge in [-0.05, 0) is 51.3 Å². The highest BCUT2D eigenvalue weighted by atomic mass is 16.2. The van der Waals surface area contributed by atoms with Crippen molar-refractivity contribution >= 4 is 23.6 Å². The second-order valence-electron chi connectivity index (χ2n) is 8.57. The Balaban J connectivity index is 1.62. The number of imide groups is 1. The highest BCUT2D eigenvalue weighted by molar-refractivity contribution is 6.21. The van der Waals surface area contributed by atoms with Crippen molar-refractivity contribution in [3.05, 3.63) is 71.3 Å². The van der Waals surface area contributed by atoms with Gasteiger partial charge in [0.15, 0.2) is 0 Å². The number of amides is 4. The Bertz CT molecular complexity index is 984. The van der Waals surface area contributed by atoms with Crippen LogP contribution in [0.5, 0.6) is 0 Å². The van der Waals surface area contributed by atoms with Crippen molar-refractivity contribution in [2.75, 3.05) is 13.1 Å². The third-order valence-corrected chi connectivity index (χ3v) is 5.73. The maximum absolute atomic E-state index is 13.1. The maximum atomic E-state index is 13.1. The second-order valence-corrected chi connectivity index (χ2v) is 8.57. The number of carbonyl (C=O) groups is 4. The molecular weight excluding hydrogens is 418 g/mol. The normalized spacial score (nSPS) is 13.8. The van der Waals surface area contributed by atoms with Gasteiger partial charge in [-0.1, -0.05) is 42.5 Å². The zero-order valence-electron chi connectivity index (χ0n) is 19.4. The molecule has 1 N–H and O–H groups in total. The fraction of sp³-hybridized carbons (Fsp3) is 0.385. The minimum absolute atomic E-state index is 0.0279. The molecule has 0 bridgehead atoms. The van der Waals surface area contributed by atoms with Crippen LogP contribution in [0.4, 0.5) is 0 Å². The second kappa shape index (κ2) is 10.9. The summed E-state index contributed by atoms with van der Waals surface area (Å²) in [6, 6.07) is 15.9. The van der Waals surface area contributed by atoms with Crippen LogP contribution in [-0.4, -0.2) is 58.6 Å². The van der Waals surface area contributed by atoms with Gasteiger partial charge in [-0.2, -0.15) is 0 Å². The molecule has 1 aliphatic heterocycles. The van der Waals surface area contributed by atoms with Crippen molar-refractivity contribution in [2.24, 2.45) is 0 Å². The van der Waals surface area contributed by atoms with Crippen LogP contribution < -0.4 is 5.32 Å². The Morgan fingerprint density at radius 3 is 2.06 bits per heavy atom. The van der Waals surface area contributed by atoms with Crippen molar-refractivity contribution in [3.8, 4) is 0 Å². The van der Waals surface area contributed by atoms with Gasteiger partial charge in [0, 0.05) is 25.6 Å². The molecule has 4 amide bonds. The zero-order chi connectivity index (χ0) is 24.0. The number of carbonyl (C=O) groups excluding carboxylic acids is 4. The van der Waals surface area contributed by atoms with E-state index in [1.165, 1.54) is 4.90 Å². The van der Waals surface area contributed by atoms with Crippen molar-refractivity contribution in [1.29, 1.82) is 0 Å². The summed E-state index contributed by atoms with van der Waals surface area (Å²) in [5.74, 6) is -1.02. The minimum atomic E-state index is -0.622. The van der Waals surface area contributed by atoms with E-state index in [0.717, 1.165) is 5.56 Å². The Hall–Kier alpha value is -3.48. The fourth-order valence-electron chi connectivity index (χ4n) is 3.95. The van der Waals surface area contributed by atoms with E-state index in [-0.39, 0.29) is 42.6 Å². The molecule has 7 heteroatoms. The van der Waals surface area contributed by atoms with Crippen LogP contribution in [0.3, 0.4) is 0 Å². The number of rotatable bonds is 10. The molecule has 1 heterocycles. The van der Waals surface area contributed by atoms with Crippen LogP contribution in [-0.2, 0) is 16.0 Å². The molecule has 7 nitrogen and oxygen atoms in total. The van der Waals surface area contributed by atoms with Gasteiger partial charge in [0.25, 0.3) is 11.8 Å². The lowest BCUT2D eigenvalue weighted by Gasteiger charge is -2.29. The number of fused-ring (bicyclic) bond motifs is 1. The summed E-state index contributed by atoms with van der Waals surface area (Å²) in [4.78, 5) is 53.6. The third-order valence-electron chi connectivity index (χ3n) is 5.73. The van der Waals surface area contributed by atoms with Gasteiger partial charge in [0.2, 0.25) is 11.8 Å². The van der Waals surface area contributed by atoms with Crippen LogP contribution >= 0.6 is 0 Å². The van der Waals surface area contributed by atoms with E-state index in [2.05, 4.69) is 5.32 Å². The van der Waals surface area contributed by atoms with E-state index in [9.17, 15) is 19.2 Å². The fourth-order valence-corrected chi connectivity index (χ4v) is 3.95. The topological polar surface area (TPSA) is 86.8 Å². The van der Waals surface area contributed by atoms with Crippen LogP contribution in [0.1, 0.15) is 59.9 Å². The number of nitrogens with zero attached hydrogens (tertiary/aromatic N) is 2. The number of nitrogens with one attached hydrogen (secondary N) is 1. The zero-order valence-corrected chi connectivity index (χ0v) is 19.4. The largest absolute Gasteiger partial charge is 0.352 e. The maximum Gasteiger partial charge on any atom is 0.261 e. The van der Waals surface area contributed by atoms with Gasteiger partial charge in [0.05, 0.1) is 11.1 Å². The number of benzene rings is 2. The molecule has 0 fully saturated rings. The summed E-state index contributed by atoms with van der Waals surface area (Å²) >= 11 is 0. The van der Waals surface area contributed by atoms with Gasteiger partial charge in [0.1, 0.15) is 6.04 Å². The average molecular weight is 450 g/mol. The Morgan fingerprint density at radius 1 is 0.909 bits per heavy atom. The van der Waals surface area contributed by atoms with Crippen molar-refractivity contribution < 1.29 is 19.2 Å². The summed E-state index contributed by atoms with van der Waals surface area (Å²) in [5.41, 5.74) is 1.88. The Morgan fingerprint density at radius 2 is 1.48 bits per heavy atom. The van der Waals surface area contributed by atoms with Gasteiger partial charge >= 0.3 is 0 Å². The molecule has 0 saturated carbocycles. The molecule has 0 spiro atoms. The van der Waals surface area contributed by atoms with Gasteiger partial charge in [-0.15, -0.1) is 0 Å². The molecular formula is C26H31N3O4. The monoisotopic (exact) mass is 449 g/mol. The summed E-state index contributed by atoms with van der Waals surface area (Å²) in [6.07, 6.45) is 1.11. The van der Waals surface area contributed by atoms with Crippen LogP contribution in [0.2, 0.25) is 0 Å². The van der Waals surface area contributed by atoms with E-state index >= 15 is 0 Å². The minimum Gasteiger partial charge on any atom is -0.352 e.